The van der Waals surface area contributed by atoms with Crippen molar-refractivity contribution < 1.29 is 4.74 Å². The zero-order valence-corrected chi connectivity index (χ0v) is 8.83. The van der Waals surface area contributed by atoms with Crippen molar-refractivity contribution in [3.05, 3.63) is 23.8 Å². The van der Waals surface area contributed by atoms with Gasteiger partial charge in [0.25, 0.3) is 0 Å². The maximum atomic E-state index is 5.14. The lowest BCUT2D eigenvalue weighted by Crippen LogP contribution is -1.85. The molecule has 0 spiro atoms. The summed E-state index contributed by atoms with van der Waals surface area (Å²) in [5, 5.41) is 0. The van der Waals surface area contributed by atoms with E-state index in [1.165, 1.54) is 15.8 Å². The number of ether oxygens (including phenoxy) is 1. The lowest BCUT2D eigenvalue weighted by atomic mass is 10.2. The van der Waals surface area contributed by atoms with Crippen LogP contribution in [0.15, 0.2) is 23.1 Å². The van der Waals surface area contributed by atoms with Gasteiger partial charge in [-0.2, -0.15) is 0 Å². The Hall–Kier alpha value is -0.150. The van der Waals surface area contributed by atoms with Gasteiger partial charge in [0.2, 0.25) is 0 Å². The molecule has 60 valence electrons. The molecule has 3 heteroatoms. The van der Waals surface area contributed by atoms with Crippen LogP contribution in [0.3, 0.4) is 0 Å². The normalized spacial score (nSPS) is 9.73. The third kappa shape index (κ3) is 2.14. The molecule has 0 amide bonds. The molecule has 0 heterocycles. The first-order chi connectivity index (χ1) is 5.27. The Morgan fingerprint density at radius 3 is 2.73 bits per heavy atom. The van der Waals surface area contributed by atoms with E-state index in [1.807, 2.05) is 12.1 Å². The second kappa shape index (κ2) is 4.02. The Bertz CT molecular complexity index is 250. The summed E-state index contributed by atoms with van der Waals surface area (Å²) in [5.74, 6) is 0.914. The molecule has 0 radical (unpaired) electrons. The lowest BCUT2D eigenvalue weighted by molar-refractivity contribution is 0.405. The van der Waals surface area contributed by atoms with Crippen LogP contribution < -0.4 is 4.74 Å². The molecule has 1 aromatic carbocycles. The molecule has 0 atom stereocenters. The fraction of sp³-hybridized carbons (Fsp3) is 0.250. The molecule has 0 fully saturated rings. The van der Waals surface area contributed by atoms with Crippen molar-refractivity contribution in [1.29, 1.82) is 0 Å². The van der Waals surface area contributed by atoms with Gasteiger partial charge >= 0.3 is 0 Å². The summed E-state index contributed by atoms with van der Waals surface area (Å²) >= 11 is 3.32. The lowest BCUT2D eigenvalue weighted by Gasteiger charge is -2.04. The minimum Gasteiger partial charge on any atom is -0.496 e. The highest BCUT2D eigenvalue weighted by Crippen LogP contribution is 2.33. The van der Waals surface area contributed by atoms with E-state index < -0.39 is 0 Å². The molecule has 0 aliphatic rings. The van der Waals surface area contributed by atoms with Gasteiger partial charge in [0.05, 0.1) is 12.0 Å². The number of aryl methyl sites for hydroxylation is 1. The van der Waals surface area contributed by atoms with Crippen LogP contribution in [-0.4, -0.2) is 7.11 Å². The summed E-state index contributed by atoms with van der Waals surface area (Å²) in [5.41, 5.74) is 1.24. The molecule has 1 aromatic rings. The smallest absolute Gasteiger partial charge is 0.133 e. The molecule has 0 aliphatic heterocycles. The number of hydrogen-bond acceptors (Lipinski definition) is 2. The van der Waals surface area contributed by atoms with Crippen LogP contribution in [0.5, 0.6) is 5.75 Å². The van der Waals surface area contributed by atoms with Gasteiger partial charge in [0.1, 0.15) is 5.75 Å². The first-order valence-corrected chi connectivity index (χ1v) is 5.87. The molecule has 0 bridgehead atoms. The van der Waals surface area contributed by atoms with E-state index in [9.17, 15) is 0 Å². The Morgan fingerprint density at radius 2 is 2.18 bits per heavy atom. The second-order valence-corrected chi connectivity index (χ2v) is 3.80. The summed E-state index contributed by atoms with van der Waals surface area (Å²) in [6.07, 6.45) is 0. The van der Waals surface area contributed by atoms with Crippen LogP contribution in [0.1, 0.15) is 5.56 Å². The maximum absolute atomic E-state index is 5.14. The number of benzene rings is 1. The fourth-order valence-electron chi connectivity index (χ4n) is 0.844. The second-order valence-electron chi connectivity index (χ2n) is 2.23. The summed E-state index contributed by atoms with van der Waals surface area (Å²) in [6, 6.07) is 6.09. The van der Waals surface area contributed by atoms with E-state index in [0.717, 1.165) is 10.6 Å². The standard InChI is InChI=1S/C8H9BrOS/c1-6-3-4-7(10-2)8(5-6)11-9/h3-5H,1-2H3. The monoisotopic (exact) mass is 232 g/mol. The van der Waals surface area contributed by atoms with Gasteiger partial charge in [-0.15, -0.1) is 0 Å². The van der Waals surface area contributed by atoms with Gasteiger partial charge in [-0.3, -0.25) is 0 Å². The van der Waals surface area contributed by atoms with Crippen molar-refractivity contribution in [3.8, 4) is 5.75 Å². The predicted molar refractivity (Wildman–Crippen MR) is 52.5 cm³/mol. The molecule has 0 aliphatic carbocycles. The van der Waals surface area contributed by atoms with Crippen molar-refractivity contribution in [1.82, 2.24) is 0 Å². The zero-order chi connectivity index (χ0) is 8.27. The summed E-state index contributed by atoms with van der Waals surface area (Å²) < 4.78 is 5.14. The van der Waals surface area contributed by atoms with Crippen LogP contribution in [0, 0.1) is 6.92 Å². The topological polar surface area (TPSA) is 9.23 Å². The number of halogens is 1. The summed E-state index contributed by atoms with van der Waals surface area (Å²) in [6.45, 7) is 2.06. The third-order valence-electron chi connectivity index (χ3n) is 1.40. The molecule has 0 saturated carbocycles. The third-order valence-corrected chi connectivity index (χ3v) is 2.93. The quantitative estimate of drug-likeness (QED) is 0.774. The highest BCUT2D eigenvalue weighted by molar-refractivity contribution is 9.50. The number of hydrogen-bond donors (Lipinski definition) is 0. The molecule has 11 heavy (non-hydrogen) atoms. The highest BCUT2D eigenvalue weighted by atomic mass is 79.9. The van der Waals surface area contributed by atoms with Gasteiger partial charge in [-0.05, 0) is 49.6 Å². The zero-order valence-electron chi connectivity index (χ0n) is 6.43. The van der Waals surface area contributed by atoms with E-state index in [-0.39, 0.29) is 0 Å². The maximum Gasteiger partial charge on any atom is 0.133 e. The SMILES string of the molecule is COc1ccc(C)cc1SBr. The first kappa shape index (κ1) is 8.94. The first-order valence-electron chi connectivity index (χ1n) is 3.21. The van der Waals surface area contributed by atoms with E-state index in [1.54, 1.807) is 7.11 Å². The number of rotatable bonds is 2. The van der Waals surface area contributed by atoms with Gasteiger partial charge in [-0.25, -0.2) is 0 Å². The van der Waals surface area contributed by atoms with Crippen LogP contribution in [0.25, 0.3) is 0 Å². The summed E-state index contributed by atoms with van der Waals surface area (Å²) in [7, 11) is 3.20. The van der Waals surface area contributed by atoms with Crippen molar-refractivity contribution in [2.24, 2.45) is 0 Å². The van der Waals surface area contributed by atoms with E-state index in [0.29, 0.717) is 0 Å². The van der Waals surface area contributed by atoms with E-state index in [2.05, 4.69) is 27.8 Å². The van der Waals surface area contributed by atoms with Crippen LogP contribution in [-0.2, 0) is 0 Å². The number of methoxy groups -OCH3 is 1. The molecule has 0 aromatic heterocycles. The van der Waals surface area contributed by atoms with Gasteiger partial charge < -0.3 is 4.74 Å². The van der Waals surface area contributed by atoms with Crippen LogP contribution >= 0.6 is 25.0 Å². The Morgan fingerprint density at radius 1 is 1.45 bits per heavy atom. The summed E-state index contributed by atoms with van der Waals surface area (Å²) in [4.78, 5) is 1.12. The Balaban J connectivity index is 3.06. The van der Waals surface area contributed by atoms with Crippen LogP contribution in [0.4, 0.5) is 0 Å². The Labute approximate surface area is 78.3 Å². The fourth-order valence-corrected chi connectivity index (χ4v) is 2.06. The van der Waals surface area contributed by atoms with Crippen molar-refractivity contribution in [3.63, 3.8) is 0 Å². The van der Waals surface area contributed by atoms with Crippen LogP contribution in [0.2, 0.25) is 0 Å². The van der Waals surface area contributed by atoms with Crippen molar-refractivity contribution in [2.45, 2.75) is 11.8 Å². The minimum absolute atomic E-state index is 0.914. The largest absolute Gasteiger partial charge is 0.496 e. The van der Waals surface area contributed by atoms with Gasteiger partial charge in [0.15, 0.2) is 0 Å². The van der Waals surface area contributed by atoms with Crippen molar-refractivity contribution >= 4 is 25.0 Å². The minimum atomic E-state index is 0.914. The highest BCUT2D eigenvalue weighted by Gasteiger charge is 2.00. The van der Waals surface area contributed by atoms with Crippen molar-refractivity contribution in [2.75, 3.05) is 7.11 Å². The average Bonchev–Trinajstić information content (AvgIpc) is 2.04. The average molecular weight is 233 g/mol. The van der Waals surface area contributed by atoms with E-state index in [4.69, 9.17) is 4.74 Å². The predicted octanol–water partition coefficient (Wildman–Crippen LogP) is 3.41. The molecule has 1 rings (SSSR count). The molecular weight excluding hydrogens is 224 g/mol. The molecule has 0 unspecified atom stereocenters. The van der Waals surface area contributed by atoms with E-state index >= 15 is 0 Å². The van der Waals surface area contributed by atoms with Gasteiger partial charge in [0, 0.05) is 0 Å². The molecule has 1 nitrogen and oxygen atoms in total. The molecule has 0 N–H and O–H groups in total. The van der Waals surface area contributed by atoms with Gasteiger partial charge in [-0.1, -0.05) is 6.07 Å². The molecular formula is C8H9BrOS. The molecule has 0 saturated heterocycles. The Kier molecular flexibility index (Phi) is 3.27.